The van der Waals surface area contributed by atoms with Crippen molar-refractivity contribution in [2.24, 2.45) is 11.7 Å². The molecule has 0 amide bonds. The summed E-state index contributed by atoms with van der Waals surface area (Å²) < 4.78 is 13.7. The van der Waals surface area contributed by atoms with Crippen LogP contribution in [0.5, 0.6) is 0 Å². The molecule has 1 aromatic rings. The lowest BCUT2D eigenvalue weighted by Crippen LogP contribution is -2.24. The minimum absolute atomic E-state index is 0.0411. The summed E-state index contributed by atoms with van der Waals surface area (Å²) in [5.41, 5.74) is 6.66. The van der Waals surface area contributed by atoms with E-state index in [0.29, 0.717) is 5.92 Å². The first-order valence-corrected chi connectivity index (χ1v) is 6.69. The highest BCUT2D eigenvalue weighted by Gasteiger charge is 2.20. The van der Waals surface area contributed by atoms with Crippen molar-refractivity contribution >= 4 is 11.8 Å². The summed E-state index contributed by atoms with van der Waals surface area (Å²) >= 11 is 1.74. The lowest BCUT2D eigenvalue weighted by Gasteiger charge is -2.22. The van der Waals surface area contributed by atoms with E-state index in [9.17, 15) is 4.39 Å². The highest BCUT2D eigenvalue weighted by Crippen LogP contribution is 2.33. The molecule has 0 fully saturated rings. The van der Waals surface area contributed by atoms with E-state index in [4.69, 9.17) is 5.73 Å². The lowest BCUT2D eigenvalue weighted by molar-refractivity contribution is 0.591. The first kappa shape index (κ1) is 13.5. The molecule has 0 aromatic heterocycles. The predicted molar refractivity (Wildman–Crippen MR) is 70.1 cm³/mol. The molecule has 3 heteroatoms. The van der Waals surface area contributed by atoms with Crippen molar-refractivity contribution in [1.29, 1.82) is 0 Å². The van der Waals surface area contributed by atoms with Gasteiger partial charge >= 0.3 is 0 Å². The Balaban J connectivity index is 2.82. The fourth-order valence-corrected chi connectivity index (χ4v) is 2.79. The maximum absolute atomic E-state index is 13.7. The molecule has 0 radical (unpaired) electrons. The largest absolute Gasteiger partial charge is 0.327 e. The molecule has 1 nitrogen and oxygen atoms in total. The van der Waals surface area contributed by atoms with Crippen molar-refractivity contribution in [3.05, 3.63) is 35.6 Å². The van der Waals surface area contributed by atoms with Crippen LogP contribution in [0, 0.1) is 11.7 Å². The topological polar surface area (TPSA) is 26.0 Å². The van der Waals surface area contributed by atoms with E-state index in [2.05, 4.69) is 13.8 Å². The van der Waals surface area contributed by atoms with Crippen molar-refractivity contribution in [2.75, 3.05) is 5.75 Å². The van der Waals surface area contributed by atoms with Crippen molar-refractivity contribution in [2.45, 2.75) is 32.1 Å². The third kappa shape index (κ3) is 3.80. The van der Waals surface area contributed by atoms with E-state index in [-0.39, 0.29) is 17.1 Å². The van der Waals surface area contributed by atoms with Crippen LogP contribution in [-0.2, 0) is 0 Å². The Morgan fingerprint density at radius 1 is 1.25 bits per heavy atom. The van der Waals surface area contributed by atoms with Crippen LogP contribution in [0.3, 0.4) is 0 Å². The van der Waals surface area contributed by atoms with Crippen LogP contribution < -0.4 is 5.73 Å². The number of nitrogens with two attached hydrogens (primary N) is 1. The zero-order valence-electron chi connectivity index (χ0n) is 10.1. The van der Waals surface area contributed by atoms with Crippen LogP contribution in [0.1, 0.15) is 31.6 Å². The van der Waals surface area contributed by atoms with E-state index in [0.717, 1.165) is 11.3 Å². The zero-order valence-corrected chi connectivity index (χ0v) is 10.9. The van der Waals surface area contributed by atoms with Crippen LogP contribution in [-0.4, -0.2) is 11.8 Å². The van der Waals surface area contributed by atoms with Crippen LogP contribution in [0.4, 0.5) is 4.39 Å². The number of hydrogen-bond donors (Lipinski definition) is 1. The fourth-order valence-electron chi connectivity index (χ4n) is 1.53. The molecule has 1 aromatic carbocycles. The smallest absolute Gasteiger partial charge is 0.127 e. The van der Waals surface area contributed by atoms with Crippen molar-refractivity contribution < 1.29 is 4.39 Å². The SMILES string of the molecule is CC(C)CSC(c1ccccc1F)C(C)N. The van der Waals surface area contributed by atoms with E-state index in [1.54, 1.807) is 17.8 Å². The average molecular weight is 241 g/mol. The molecule has 16 heavy (non-hydrogen) atoms. The van der Waals surface area contributed by atoms with Gasteiger partial charge < -0.3 is 5.73 Å². The molecule has 0 saturated heterocycles. The molecule has 2 unspecified atom stereocenters. The Hall–Kier alpha value is -0.540. The number of thioether (sulfide) groups is 1. The van der Waals surface area contributed by atoms with Gasteiger partial charge in [-0.1, -0.05) is 32.0 Å². The van der Waals surface area contributed by atoms with Crippen molar-refractivity contribution in [3.63, 3.8) is 0 Å². The summed E-state index contributed by atoms with van der Waals surface area (Å²) in [6.07, 6.45) is 0. The Morgan fingerprint density at radius 2 is 1.88 bits per heavy atom. The summed E-state index contributed by atoms with van der Waals surface area (Å²) in [7, 11) is 0. The van der Waals surface area contributed by atoms with Crippen LogP contribution in [0.25, 0.3) is 0 Å². The summed E-state index contributed by atoms with van der Waals surface area (Å²) in [6.45, 7) is 6.25. The molecule has 2 N–H and O–H groups in total. The number of halogens is 1. The Kier molecular flexibility index (Phi) is 5.29. The predicted octanol–water partition coefficient (Wildman–Crippen LogP) is 3.60. The molecular formula is C13H20FNS. The first-order chi connectivity index (χ1) is 7.52. The zero-order chi connectivity index (χ0) is 12.1. The molecule has 0 aliphatic carbocycles. The van der Waals surface area contributed by atoms with Gasteiger partial charge in [0.2, 0.25) is 0 Å². The second-order valence-corrected chi connectivity index (χ2v) is 5.70. The van der Waals surface area contributed by atoms with Gasteiger partial charge in [0.05, 0.1) is 0 Å². The molecule has 0 aliphatic rings. The highest BCUT2D eigenvalue weighted by atomic mass is 32.2. The molecule has 90 valence electrons. The fraction of sp³-hybridized carbons (Fsp3) is 0.538. The third-order valence-corrected chi connectivity index (χ3v) is 4.20. The normalized spacial score (nSPS) is 15.1. The second-order valence-electron chi connectivity index (χ2n) is 4.53. The summed E-state index contributed by atoms with van der Waals surface area (Å²) in [5.74, 6) is 1.44. The maximum Gasteiger partial charge on any atom is 0.127 e. The van der Waals surface area contributed by atoms with Crippen LogP contribution in [0.15, 0.2) is 24.3 Å². The molecule has 0 spiro atoms. The highest BCUT2D eigenvalue weighted by molar-refractivity contribution is 7.99. The molecule has 0 saturated carbocycles. The van der Waals surface area contributed by atoms with Gasteiger partial charge in [-0.3, -0.25) is 0 Å². The Morgan fingerprint density at radius 3 is 2.38 bits per heavy atom. The lowest BCUT2D eigenvalue weighted by atomic mass is 10.1. The van der Waals surface area contributed by atoms with Crippen LogP contribution >= 0.6 is 11.8 Å². The van der Waals surface area contributed by atoms with E-state index in [1.165, 1.54) is 6.07 Å². The molecule has 0 aliphatic heterocycles. The number of hydrogen-bond acceptors (Lipinski definition) is 2. The van der Waals surface area contributed by atoms with Gasteiger partial charge in [-0.15, -0.1) is 0 Å². The van der Waals surface area contributed by atoms with E-state index < -0.39 is 0 Å². The average Bonchev–Trinajstić information content (AvgIpc) is 2.20. The van der Waals surface area contributed by atoms with E-state index in [1.807, 2.05) is 19.1 Å². The van der Waals surface area contributed by atoms with Crippen molar-refractivity contribution in [3.8, 4) is 0 Å². The standard InChI is InChI=1S/C13H20FNS/c1-9(2)8-16-13(10(3)15)11-6-4-5-7-12(11)14/h4-7,9-10,13H,8,15H2,1-3H3. The minimum atomic E-state index is -0.152. The Labute approximate surface area is 102 Å². The van der Waals surface area contributed by atoms with Gasteiger partial charge in [-0.25, -0.2) is 4.39 Å². The monoisotopic (exact) mass is 241 g/mol. The quantitative estimate of drug-likeness (QED) is 0.852. The third-order valence-electron chi connectivity index (χ3n) is 2.30. The molecular weight excluding hydrogens is 221 g/mol. The van der Waals surface area contributed by atoms with Gasteiger partial charge in [-0.05, 0) is 24.7 Å². The number of benzene rings is 1. The first-order valence-electron chi connectivity index (χ1n) is 5.64. The minimum Gasteiger partial charge on any atom is -0.327 e. The summed E-state index contributed by atoms with van der Waals surface area (Å²) in [4.78, 5) is 0. The van der Waals surface area contributed by atoms with Crippen LogP contribution in [0.2, 0.25) is 0 Å². The molecule has 0 heterocycles. The van der Waals surface area contributed by atoms with Gasteiger partial charge in [0.15, 0.2) is 0 Å². The van der Waals surface area contributed by atoms with Gasteiger partial charge in [0, 0.05) is 16.9 Å². The van der Waals surface area contributed by atoms with Gasteiger partial charge in [0.25, 0.3) is 0 Å². The molecule has 1 rings (SSSR count). The second kappa shape index (κ2) is 6.26. The molecule has 0 bridgehead atoms. The summed E-state index contributed by atoms with van der Waals surface area (Å²) in [5, 5.41) is 0.0450. The summed E-state index contributed by atoms with van der Waals surface area (Å²) in [6, 6.07) is 6.87. The Bertz CT molecular complexity index is 325. The van der Waals surface area contributed by atoms with Gasteiger partial charge in [0.1, 0.15) is 5.82 Å². The molecule has 2 atom stereocenters. The maximum atomic E-state index is 13.7. The van der Waals surface area contributed by atoms with E-state index >= 15 is 0 Å². The number of rotatable bonds is 5. The van der Waals surface area contributed by atoms with Gasteiger partial charge in [-0.2, -0.15) is 11.8 Å². The van der Waals surface area contributed by atoms with Crippen molar-refractivity contribution in [1.82, 2.24) is 0 Å².